The Bertz CT molecular complexity index is 747. The SMILES string of the molecule is Cl.c1ccc(Cn2c3c(c4ccccc42)CNCC3)cc1. The Balaban J connectivity index is 0.00000132. The summed E-state index contributed by atoms with van der Waals surface area (Å²) in [5.74, 6) is 0. The van der Waals surface area contributed by atoms with E-state index < -0.39 is 0 Å². The van der Waals surface area contributed by atoms with Gasteiger partial charge in [0.2, 0.25) is 0 Å². The molecule has 3 aromatic rings. The molecule has 0 amide bonds. The number of hydrogen-bond acceptors (Lipinski definition) is 1. The number of rotatable bonds is 2. The molecule has 0 radical (unpaired) electrons. The molecular formula is C18H19ClN2. The van der Waals surface area contributed by atoms with Gasteiger partial charge < -0.3 is 9.88 Å². The summed E-state index contributed by atoms with van der Waals surface area (Å²) in [6.45, 7) is 3.05. The average Bonchev–Trinajstić information content (AvgIpc) is 2.84. The highest BCUT2D eigenvalue weighted by Crippen LogP contribution is 2.29. The van der Waals surface area contributed by atoms with E-state index in [0.29, 0.717) is 0 Å². The first-order valence-electron chi connectivity index (χ1n) is 7.27. The molecule has 0 saturated carbocycles. The lowest BCUT2D eigenvalue weighted by Crippen LogP contribution is -2.24. The fourth-order valence-corrected chi connectivity index (χ4v) is 3.28. The van der Waals surface area contributed by atoms with Gasteiger partial charge in [-0.3, -0.25) is 0 Å². The zero-order chi connectivity index (χ0) is 13.4. The molecule has 1 N–H and O–H groups in total. The molecule has 1 aliphatic rings. The van der Waals surface area contributed by atoms with Gasteiger partial charge in [0.1, 0.15) is 0 Å². The summed E-state index contributed by atoms with van der Waals surface area (Å²) >= 11 is 0. The van der Waals surface area contributed by atoms with Crippen molar-refractivity contribution in [1.82, 2.24) is 9.88 Å². The minimum absolute atomic E-state index is 0. The van der Waals surface area contributed by atoms with E-state index in [-0.39, 0.29) is 12.4 Å². The normalized spacial score (nSPS) is 13.7. The molecule has 4 rings (SSSR count). The van der Waals surface area contributed by atoms with E-state index in [1.807, 2.05) is 0 Å². The Kier molecular flexibility index (Phi) is 4.00. The fraction of sp³-hybridized carbons (Fsp3) is 0.222. The first kappa shape index (κ1) is 14.2. The van der Waals surface area contributed by atoms with Crippen LogP contribution in [-0.2, 0) is 19.5 Å². The topological polar surface area (TPSA) is 17.0 Å². The number of benzene rings is 2. The number of nitrogens with zero attached hydrogens (tertiary/aromatic N) is 1. The first-order valence-corrected chi connectivity index (χ1v) is 7.27. The van der Waals surface area contributed by atoms with Crippen LogP contribution in [0.4, 0.5) is 0 Å². The summed E-state index contributed by atoms with van der Waals surface area (Å²) in [5, 5.41) is 4.90. The molecule has 2 aromatic carbocycles. The summed E-state index contributed by atoms with van der Waals surface area (Å²) in [5.41, 5.74) is 5.73. The Morgan fingerprint density at radius 2 is 1.71 bits per heavy atom. The summed E-state index contributed by atoms with van der Waals surface area (Å²) in [6.07, 6.45) is 1.12. The van der Waals surface area contributed by atoms with Gasteiger partial charge in [0, 0.05) is 42.7 Å². The van der Waals surface area contributed by atoms with Crippen LogP contribution in [0.3, 0.4) is 0 Å². The van der Waals surface area contributed by atoms with Crippen molar-refractivity contribution in [3.8, 4) is 0 Å². The van der Waals surface area contributed by atoms with Crippen molar-refractivity contribution >= 4 is 23.3 Å². The maximum Gasteiger partial charge on any atom is 0.0489 e. The first-order chi connectivity index (χ1) is 9.93. The second-order valence-corrected chi connectivity index (χ2v) is 5.44. The second kappa shape index (κ2) is 5.92. The second-order valence-electron chi connectivity index (χ2n) is 5.44. The number of para-hydroxylation sites is 1. The predicted molar refractivity (Wildman–Crippen MR) is 90.1 cm³/mol. The van der Waals surface area contributed by atoms with Crippen LogP contribution in [0.15, 0.2) is 54.6 Å². The van der Waals surface area contributed by atoms with Gasteiger partial charge in [0.25, 0.3) is 0 Å². The van der Waals surface area contributed by atoms with E-state index in [0.717, 1.165) is 26.1 Å². The largest absolute Gasteiger partial charge is 0.340 e. The van der Waals surface area contributed by atoms with Crippen molar-refractivity contribution in [1.29, 1.82) is 0 Å². The van der Waals surface area contributed by atoms with Crippen molar-refractivity contribution < 1.29 is 0 Å². The van der Waals surface area contributed by atoms with E-state index in [1.165, 1.54) is 27.7 Å². The van der Waals surface area contributed by atoms with Crippen molar-refractivity contribution in [2.75, 3.05) is 6.54 Å². The van der Waals surface area contributed by atoms with Crippen LogP contribution in [0.5, 0.6) is 0 Å². The molecule has 0 bridgehead atoms. The highest BCUT2D eigenvalue weighted by Gasteiger charge is 2.19. The minimum atomic E-state index is 0. The summed E-state index contributed by atoms with van der Waals surface area (Å²) in [7, 11) is 0. The van der Waals surface area contributed by atoms with Crippen LogP contribution in [0.1, 0.15) is 16.8 Å². The van der Waals surface area contributed by atoms with Gasteiger partial charge in [0.05, 0.1) is 0 Å². The van der Waals surface area contributed by atoms with Crippen molar-refractivity contribution in [3.63, 3.8) is 0 Å². The van der Waals surface area contributed by atoms with Gasteiger partial charge in [-0.2, -0.15) is 0 Å². The number of hydrogen-bond donors (Lipinski definition) is 1. The molecule has 21 heavy (non-hydrogen) atoms. The minimum Gasteiger partial charge on any atom is -0.340 e. The molecule has 108 valence electrons. The molecule has 0 spiro atoms. The van der Waals surface area contributed by atoms with E-state index >= 15 is 0 Å². The van der Waals surface area contributed by atoms with Gasteiger partial charge in [-0.15, -0.1) is 12.4 Å². The molecule has 0 unspecified atom stereocenters. The Labute approximate surface area is 131 Å². The predicted octanol–water partition coefficient (Wildman–Crippen LogP) is 3.76. The highest BCUT2D eigenvalue weighted by molar-refractivity contribution is 5.86. The lowest BCUT2D eigenvalue weighted by atomic mass is 10.1. The molecule has 2 nitrogen and oxygen atoms in total. The van der Waals surface area contributed by atoms with Crippen LogP contribution in [0, 0.1) is 0 Å². The highest BCUT2D eigenvalue weighted by atomic mass is 35.5. The molecule has 1 aromatic heterocycles. The number of fused-ring (bicyclic) bond motifs is 3. The lowest BCUT2D eigenvalue weighted by Gasteiger charge is -2.17. The molecule has 1 aliphatic heterocycles. The maximum atomic E-state index is 3.50. The van der Waals surface area contributed by atoms with Crippen LogP contribution in [0.2, 0.25) is 0 Å². The quantitative estimate of drug-likeness (QED) is 0.762. The third kappa shape index (κ3) is 2.45. The van der Waals surface area contributed by atoms with E-state index in [9.17, 15) is 0 Å². The molecule has 3 heteroatoms. The van der Waals surface area contributed by atoms with Crippen LogP contribution in [-0.4, -0.2) is 11.1 Å². The van der Waals surface area contributed by atoms with Gasteiger partial charge >= 0.3 is 0 Å². The maximum absolute atomic E-state index is 3.50. The Morgan fingerprint density at radius 1 is 0.952 bits per heavy atom. The van der Waals surface area contributed by atoms with E-state index in [2.05, 4.69) is 64.5 Å². The van der Waals surface area contributed by atoms with E-state index in [1.54, 1.807) is 0 Å². The summed E-state index contributed by atoms with van der Waals surface area (Å²) in [6, 6.07) is 19.5. The molecule has 0 fully saturated rings. The third-order valence-electron chi connectivity index (χ3n) is 4.22. The van der Waals surface area contributed by atoms with Gasteiger partial charge in [-0.25, -0.2) is 0 Å². The molecule has 0 atom stereocenters. The molecule has 0 aliphatic carbocycles. The fourth-order valence-electron chi connectivity index (χ4n) is 3.28. The van der Waals surface area contributed by atoms with Crippen LogP contribution < -0.4 is 5.32 Å². The van der Waals surface area contributed by atoms with Gasteiger partial charge in [-0.1, -0.05) is 48.5 Å². The third-order valence-corrected chi connectivity index (χ3v) is 4.22. The number of halogens is 1. The van der Waals surface area contributed by atoms with Crippen LogP contribution in [0.25, 0.3) is 10.9 Å². The monoisotopic (exact) mass is 298 g/mol. The van der Waals surface area contributed by atoms with E-state index in [4.69, 9.17) is 0 Å². The van der Waals surface area contributed by atoms with Crippen LogP contribution >= 0.6 is 12.4 Å². The average molecular weight is 299 g/mol. The molecule has 2 heterocycles. The molecular weight excluding hydrogens is 280 g/mol. The van der Waals surface area contributed by atoms with Crippen molar-refractivity contribution in [2.45, 2.75) is 19.5 Å². The zero-order valence-corrected chi connectivity index (χ0v) is 12.7. The summed E-state index contributed by atoms with van der Waals surface area (Å²) in [4.78, 5) is 0. The Hall–Kier alpha value is -1.77. The zero-order valence-electron chi connectivity index (χ0n) is 11.9. The van der Waals surface area contributed by atoms with Crippen molar-refractivity contribution in [3.05, 3.63) is 71.4 Å². The summed E-state index contributed by atoms with van der Waals surface area (Å²) < 4.78 is 2.50. The van der Waals surface area contributed by atoms with Crippen molar-refractivity contribution in [2.24, 2.45) is 0 Å². The number of nitrogens with one attached hydrogen (secondary N) is 1. The van der Waals surface area contributed by atoms with Gasteiger partial charge in [0.15, 0.2) is 0 Å². The standard InChI is InChI=1S/C18H18N2.ClH/c1-2-6-14(7-3-1)13-20-17-9-5-4-8-15(17)16-12-19-11-10-18(16)20;/h1-9,19H,10-13H2;1H. The molecule has 0 saturated heterocycles. The lowest BCUT2D eigenvalue weighted by molar-refractivity contribution is 0.612. The number of aromatic nitrogens is 1. The smallest absolute Gasteiger partial charge is 0.0489 e. The van der Waals surface area contributed by atoms with Gasteiger partial charge in [-0.05, 0) is 17.2 Å². The Morgan fingerprint density at radius 3 is 2.57 bits per heavy atom.